The minimum absolute atomic E-state index is 0.352. The highest BCUT2D eigenvalue weighted by Gasteiger charge is 2.21. The topological polar surface area (TPSA) is 33.4 Å². The highest BCUT2D eigenvalue weighted by atomic mass is 19.1. The highest BCUT2D eigenvalue weighted by Crippen LogP contribution is 2.35. The molecular formula is C17H15FO2. The largest absolute Gasteiger partial charge is 0.461 e. The molecule has 1 unspecified atom stereocenters. The van der Waals surface area contributed by atoms with Crippen molar-refractivity contribution >= 4 is 11.0 Å². The second-order valence-electron chi connectivity index (χ2n) is 4.97. The lowest BCUT2D eigenvalue weighted by atomic mass is 9.95. The number of furan rings is 1. The zero-order valence-electron chi connectivity index (χ0n) is 11.4. The summed E-state index contributed by atoms with van der Waals surface area (Å²) in [6, 6.07) is 12.0. The molecule has 0 aliphatic heterocycles. The third kappa shape index (κ3) is 2.00. The van der Waals surface area contributed by atoms with Gasteiger partial charge in [-0.3, -0.25) is 0 Å². The summed E-state index contributed by atoms with van der Waals surface area (Å²) in [6.45, 7) is 3.67. The second-order valence-corrected chi connectivity index (χ2v) is 4.97. The van der Waals surface area contributed by atoms with Crippen LogP contribution in [0.3, 0.4) is 0 Å². The van der Waals surface area contributed by atoms with Crippen molar-refractivity contribution in [3.05, 3.63) is 70.7 Å². The molecular weight excluding hydrogens is 255 g/mol. The first-order valence-electron chi connectivity index (χ1n) is 6.50. The molecule has 3 aromatic rings. The van der Waals surface area contributed by atoms with E-state index in [2.05, 4.69) is 0 Å². The maximum atomic E-state index is 13.4. The van der Waals surface area contributed by atoms with E-state index in [4.69, 9.17) is 4.42 Å². The molecule has 2 nitrogen and oxygen atoms in total. The van der Waals surface area contributed by atoms with Crippen molar-refractivity contribution in [2.24, 2.45) is 0 Å². The molecule has 0 fully saturated rings. The number of hydrogen-bond donors (Lipinski definition) is 1. The van der Waals surface area contributed by atoms with Crippen molar-refractivity contribution in [1.29, 1.82) is 0 Å². The minimum atomic E-state index is -0.894. The van der Waals surface area contributed by atoms with Crippen molar-refractivity contribution in [2.45, 2.75) is 20.0 Å². The van der Waals surface area contributed by atoms with Crippen LogP contribution in [0.5, 0.6) is 0 Å². The van der Waals surface area contributed by atoms with Gasteiger partial charge in [0.2, 0.25) is 0 Å². The molecule has 1 N–H and O–H groups in total. The second kappa shape index (κ2) is 4.76. The maximum absolute atomic E-state index is 13.4. The van der Waals surface area contributed by atoms with E-state index in [1.54, 1.807) is 6.07 Å². The molecule has 0 aliphatic carbocycles. The van der Waals surface area contributed by atoms with Gasteiger partial charge in [-0.05, 0) is 43.2 Å². The van der Waals surface area contributed by atoms with Crippen LogP contribution in [-0.2, 0) is 0 Å². The number of aryl methyl sites for hydroxylation is 2. The number of aliphatic hydroxyl groups is 1. The van der Waals surface area contributed by atoms with Crippen molar-refractivity contribution in [3.8, 4) is 0 Å². The zero-order valence-corrected chi connectivity index (χ0v) is 11.4. The van der Waals surface area contributed by atoms with Crippen LogP contribution in [0, 0.1) is 19.7 Å². The Morgan fingerprint density at radius 1 is 1.10 bits per heavy atom. The molecule has 0 saturated carbocycles. The van der Waals surface area contributed by atoms with Crippen molar-refractivity contribution in [1.82, 2.24) is 0 Å². The van der Waals surface area contributed by atoms with Crippen molar-refractivity contribution in [3.63, 3.8) is 0 Å². The van der Waals surface area contributed by atoms with Crippen molar-refractivity contribution < 1.29 is 13.9 Å². The van der Waals surface area contributed by atoms with Gasteiger partial charge in [0.25, 0.3) is 0 Å². The predicted octanol–water partition coefficient (Wildman–Crippen LogP) is 4.27. The number of halogens is 1. The zero-order chi connectivity index (χ0) is 14.3. The third-order valence-electron chi connectivity index (χ3n) is 3.63. The van der Waals surface area contributed by atoms with Crippen LogP contribution < -0.4 is 0 Å². The number of benzene rings is 2. The number of aliphatic hydroxyl groups excluding tert-OH is 1. The number of rotatable bonds is 2. The number of hydrogen-bond acceptors (Lipinski definition) is 2. The van der Waals surface area contributed by atoms with Crippen molar-refractivity contribution in [2.75, 3.05) is 0 Å². The van der Waals surface area contributed by atoms with E-state index < -0.39 is 6.10 Å². The standard InChI is InChI=1S/C17H15FO2/c1-10-7-8-12(18)9-14(10)17(19)16-11(2)20-15-6-4-3-5-13(15)16/h3-9,17,19H,1-2H3. The fourth-order valence-electron chi connectivity index (χ4n) is 2.59. The van der Waals surface area contributed by atoms with E-state index >= 15 is 0 Å². The van der Waals surface area contributed by atoms with Gasteiger partial charge in [-0.1, -0.05) is 24.3 Å². The summed E-state index contributed by atoms with van der Waals surface area (Å²) in [5.74, 6) is 0.303. The lowest BCUT2D eigenvalue weighted by Crippen LogP contribution is -2.03. The summed E-state index contributed by atoms with van der Waals surface area (Å²) in [5, 5.41) is 11.5. The molecule has 0 radical (unpaired) electrons. The van der Waals surface area contributed by atoms with Crippen LogP contribution >= 0.6 is 0 Å². The van der Waals surface area contributed by atoms with E-state index in [0.29, 0.717) is 16.9 Å². The number of fused-ring (bicyclic) bond motifs is 1. The summed E-state index contributed by atoms with van der Waals surface area (Å²) < 4.78 is 19.1. The summed E-state index contributed by atoms with van der Waals surface area (Å²) in [6.07, 6.45) is -0.894. The first-order valence-corrected chi connectivity index (χ1v) is 6.50. The summed E-state index contributed by atoms with van der Waals surface area (Å²) >= 11 is 0. The molecule has 20 heavy (non-hydrogen) atoms. The summed E-state index contributed by atoms with van der Waals surface area (Å²) in [5.41, 5.74) is 2.85. The Labute approximate surface area is 116 Å². The van der Waals surface area contributed by atoms with Gasteiger partial charge in [-0.25, -0.2) is 4.39 Å². The van der Waals surface area contributed by atoms with Crippen LogP contribution in [0.15, 0.2) is 46.9 Å². The average Bonchev–Trinajstić information content (AvgIpc) is 2.76. The van der Waals surface area contributed by atoms with Gasteiger partial charge in [0.15, 0.2) is 0 Å². The summed E-state index contributed by atoms with van der Waals surface area (Å²) in [7, 11) is 0. The molecule has 0 spiro atoms. The monoisotopic (exact) mass is 270 g/mol. The molecule has 3 rings (SSSR count). The lowest BCUT2D eigenvalue weighted by molar-refractivity contribution is 0.218. The van der Waals surface area contributed by atoms with Crippen LogP contribution in [0.4, 0.5) is 4.39 Å². The first-order chi connectivity index (χ1) is 9.58. The molecule has 0 saturated heterocycles. The fourth-order valence-corrected chi connectivity index (χ4v) is 2.59. The normalized spacial score (nSPS) is 12.8. The molecule has 2 aromatic carbocycles. The Balaban J connectivity index is 2.20. The van der Waals surface area contributed by atoms with E-state index in [0.717, 1.165) is 16.5 Å². The van der Waals surface area contributed by atoms with E-state index in [1.807, 2.05) is 38.1 Å². The Hall–Kier alpha value is -2.13. The Morgan fingerprint density at radius 3 is 2.65 bits per heavy atom. The van der Waals surface area contributed by atoms with Gasteiger partial charge in [0.1, 0.15) is 23.3 Å². The Bertz CT molecular complexity index is 774. The molecule has 1 atom stereocenters. The summed E-state index contributed by atoms with van der Waals surface area (Å²) in [4.78, 5) is 0. The molecule has 3 heteroatoms. The SMILES string of the molecule is Cc1ccc(F)cc1C(O)c1c(C)oc2ccccc12. The van der Waals surface area contributed by atoms with Crippen LogP contribution in [-0.4, -0.2) is 5.11 Å². The molecule has 1 aromatic heterocycles. The predicted molar refractivity (Wildman–Crippen MR) is 76.1 cm³/mol. The van der Waals surface area contributed by atoms with Crippen LogP contribution in [0.2, 0.25) is 0 Å². The number of para-hydroxylation sites is 1. The third-order valence-corrected chi connectivity index (χ3v) is 3.63. The van der Waals surface area contributed by atoms with E-state index in [9.17, 15) is 9.50 Å². The van der Waals surface area contributed by atoms with Gasteiger partial charge < -0.3 is 9.52 Å². The maximum Gasteiger partial charge on any atom is 0.134 e. The van der Waals surface area contributed by atoms with Crippen LogP contribution in [0.25, 0.3) is 11.0 Å². The first kappa shape index (κ1) is 12.9. The quantitative estimate of drug-likeness (QED) is 0.754. The van der Waals surface area contributed by atoms with Gasteiger partial charge in [-0.15, -0.1) is 0 Å². The van der Waals surface area contributed by atoms with Gasteiger partial charge in [0.05, 0.1) is 0 Å². The van der Waals surface area contributed by atoms with Gasteiger partial charge >= 0.3 is 0 Å². The molecule has 102 valence electrons. The molecule has 0 aliphatic rings. The minimum Gasteiger partial charge on any atom is -0.461 e. The lowest BCUT2D eigenvalue weighted by Gasteiger charge is -2.14. The Kier molecular flexibility index (Phi) is 3.07. The van der Waals surface area contributed by atoms with Gasteiger partial charge in [0, 0.05) is 10.9 Å². The Morgan fingerprint density at radius 2 is 1.85 bits per heavy atom. The van der Waals surface area contributed by atoms with E-state index in [1.165, 1.54) is 12.1 Å². The van der Waals surface area contributed by atoms with Crippen LogP contribution in [0.1, 0.15) is 28.6 Å². The molecule has 0 bridgehead atoms. The van der Waals surface area contributed by atoms with E-state index in [-0.39, 0.29) is 5.82 Å². The molecule has 1 heterocycles. The highest BCUT2D eigenvalue weighted by molar-refractivity contribution is 5.83. The molecule has 0 amide bonds. The fraction of sp³-hybridized carbons (Fsp3) is 0.176. The smallest absolute Gasteiger partial charge is 0.134 e. The van der Waals surface area contributed by atoms with Gasteiger partial charge in [-0.2, -0.15) is 0 Å². The average molecular weight is 270 g/mol.